The lowest BCUT2D eigenvalue weighted by Gasteiger charge is -2.23. The van der Waals surface area contributed by atoms with Crippen LogP contribution in [0.25, 0.3) is 0 Å². The Balaban J connectivity index is 2.10. The van der Waals surface area contributed by atoms with E-state index in [1.54, 1.807) is 12.1 Å². The molecular formula is C12H14FNO. The lowest BCUT2D eigenvalue weighted by Crippen LogP contribution is -2.24. The number of nitrogens with zero attached hydrogens (tertiary/aromatic N) is 1. The molecule has 0 aromatic heterocycles. The van der Waals surface area contributed by atoms with Crippen LogP contribution in [-0.4, -0.2) is 23.8 Å². The third-order valence-corrected chi connectivity index (χ3v) is 2.96. The molecule has 1 aliphatic heterocycles. The number of likely N-dealkylation sites (tertiary alicyclic amines) is 1. The Hall–Kier alpha value is -1.22. The molecule has 0 bridgehead atoms. The lowest BCUT2D eigenvalue weighted by atomic mass is 10.1. The van der Waals surface area contributed by atoms with Crippen LogP contribution in [0, 0.1) is 5.82 Å². The number of ketones is 1. The van der Waals surface area contributed by atoms with E-state index >= 15 is 0 Å². The smallest absolute Gasteiger partial charge is 0.148 e. The van der Waals surface area contributed by atoms with Crippen LogP contribution in [0.1, 0.15) is 24.9 Å². The molecule has 0 aliphatic carbocycles. The van der Waals surface area contributed by atoms with Crippen molar-refractivity contribution in [2.45, 2.75) is 19.4 Å². The minimum atomic E-state index is -0.219. The average molecular weight is 207 g/mol. The van der Waals surface area contributed by atoms with Crippen molar-refractivity contribution in [3.05, 3.63) is 35.6 Å². The van der Waals surface area contributed by atoms with E-state index in [0.29, 0.717) is 18.7 Å². The number of carbonyl (C=O) groups excluding carboxylic acids is 1. The predicted molar refractivity (Wildman–Crippen MR) is 56.0 cm³/mol. The van der Waals surface area contributed by atoms with Crippen LogP contribution >= 0.6 is 0 Å². The fourth-order valence-corrected chi connectivity index (χ4v) is 1.94. The Bertz CT molecular complexity index is 360. The number of halogens is 1. The van der Waals surface area contributed by atoms with E-state index in [4.69, 9.17) is 0 Å². The summed E-state index contributed by atoms with van der Waals surface area (Å²) >= 11 is 0. The van der Waals surface area contributed by atoms with E-state index in [1.165, 1.54) is 12.1 Å². The summed E-state index contributed by atoms with van der Waals surface area (Å²) in [6.07, 6.45) is 0.644. The van der Waals surface area contributed by atoms with E-state index in [9.17, 15) is 9.18 Å². The normalized spacial score (nSPS) is 19.5. The maximum atomic E-state index is 12.7. The van der Waals surface area contributed by atoms with Crippen molar-refractivity contribution in [1.29, 1.82) is 0 Å². The number of Topliss-reactive ketones (excluding diaryl/α,β-unsaturated/α-hetero) is 1. The van der Waals surface area contributed by atoms with E-state index in [0.717, 1.165) is 12.1 Å². The van der Waals surface area contributed by atoms with Crippen molar-refractivity contribution in [3.63, 3.8) is 0 Å². The summed E-state index contributed by atoms with van der Waals surface area (Å²) in [5.74, 6) is 0.0763. The highest BCUT2D eigenvalue weighted by Crippen LogP contribution is 2.23. The number of hydrogen-bond acceptors (Lipinski definition) is 2. The first kappa shape index (κ1) is 10.3. The third-order valence-electron chi connectivity index (χ3n) is 2.96. The highest BCUT2D eigenvalue weighted by atomic mass is 19.1. The van der Waals surface area contributed by atoms with Gasteiger partial charge in [-0.2, -0.15) is 0 Å². The molecule has 1 aromatic carbocycles. The number of benzene rings is 1. The maximum absolute atomic E-state index is 12.7. The van der Waals surface area contributed by atoms with Crippen LogP contribution in [-0.2, 0) is 4.79 Å². The van der Waals surface area contributed by atoms with Gasteiger partial charge in [0.2, 0.25) is 0 Å². The highest BCUT2D eigenvalue weighted by Gasteiger charge is 2.24. The molecule has 0 saturated carbocycles. The first-order valence-corrected chi connectivity index (χ1v) is 5.18. The molecule has 2 nitrogen and oxygen atoms in total. The van der Waals surface area contributed by atoms with Crippen molar-refractivity contribution >= 4 is 5.78 Å². The van der Waals surface area contributed by atoms with Gasteiger partial charge in [0.15, 0.2) is 0 Å². The molecule has 0 N–H and O–H groups in total. The molecule has 1 aromatic rings. The van der Waals surface area contributed by atoms with Crippen LogP contribution in [0.4, 0.5) is 4.39 Å². The Labute approximate surface area is 88.7 Å². The van der Waals surface area contributed by atoms with Gasteiger partial charge in [0.25, 0.3) is 0 Å². The van der Waals surface area contributed by atoms with Crippen molar-refractivity contribution in [1.82, 2.24) is 4.90 Å². The number of carbonyl (C=O) groups is 1. The van der Waals surface area contributed by atoms with Gasteiger partial charge in [-0.15, -0.1) is 0 Å². The quantitative estimate of drug-likeness (QED) is 0.740. The zero-order valence-electron chi connectivity index (χ0n) is 8.74. The third kappa shape index (κ3) is 2.23. The fourth-order valence-electron chi connectivity index (χ4n) is 1.94. The molecule has 0 radical (unpaired) electrons. The van der Waals surface area contributed by atoms with Gasteiger partial charge in [-0.05, 0) is 24.6 Å². The van der Waals surface area contributed by atoms with Crippen molar-refractivity contribution in [2.24, 2.45) is 0 Å². The summed E-state index contributed by atoms with van der Waals surface area (Å²) in [4.78, 5) is 13.3. The maximum Gasteiger partial charge on any atom is 0.148 e. The monoisotopic (exact) mass is 207 g/mol. The number of rotatable bonds is 2. The summed E-state index contributed by atoms with van der Waals surface area (Å²) in [6.45, 7) is 3.39. The second kappa shape index (κ2) is 4.11. The number of hydrogen-bond donors (Lipinski definition) is 0. The van der Waals surface area contributed by atoms with Gasteiger partial charge in [-0.25, -0.2) is 4.39 Å². The first-order chi connectivity index (χ1) is 7.16. The molecule has 1 heterocycles. The largest absolute Gasteiger partial charge is 0.298 e. The molecule has 1 aliphatic rings. The Morgan fingerprint density at radius 2 is 2.00 bits per heavy atom. The fraction of sp³-hybridized carbons (Fsp3) is 0.417. The molecule has 0 spiro atoms. The molecule has 0 amide bonds. The van der Waals surface area contributed by atoms with Gasteiger partial charge in [-0.3, -0.25) is 9.69 Å². The first-order valence-electron chi connectivity index (χ1n) is 5.18. The summed E-state index contributed by atoms with van der Waals surface area (Å²) in [7, 11) is 0. The van der Waals surface area contributed by atoms with Crippen LogP contribution in [0.3, 0.4) is 0 Å². The van der Waals surface area contributed by atoms with Gasteiger partial charge in [0.1, 0.15) is 11.6 Å². The second-order valence-corrected chi connectivity index (χ2v) is 3.99. The zero-order valence-corrected chi connectivity index (χ0v) is 8.74. The Morgan fingerprint density at radius 1 is 1.33 bits per heavy atom. The van der Waals surface area contributed by atoms with Crippen molar-refractivity contribution in [2.75, 3.05) is 13.1 Å². The molecule has 2 rings (SSSR count). The molecule has 1 atom stereocenters. The van der Waals surface area contributed by atoms with Crippen LogP contribution < -0.4 is 0 Å². The minimum Gasteiger partial charge on any atom is -0.298 e. The molecule has 3 heteroatoms. The standard InChI is InChI=1S/C12H14FNO/c1-9(14-7-6-12(15)8-14)10-2-4-11(13)5-3-10/h2-5,9H,6-8H2,1H3. The predicted octanol–water partition coefficient (Wildman–Crippen LogP) is 2.16. The lowest BCUT2D eigenvalue weighted by molar-refractivity contribution is -0.117. The molecule has 1 unspecified atom stereocenters. The molecule has 1 fully saturated rings. The van der Waals surface area contributed by atoms with Crippen LogP contribution in [0.5, 0.6) is 0 Å². The highest BCUT2D eigenvalue weighted by molar-refractivity contribution is 5.82. The van der Waals surface area contributed by atoms with Gasteiger partial charge in [0, 0.05) is 19.0 Å². The molecule has 80 valence electrons. The summed E-state index contributed by atoms with van der Waals surface area (Å²) < 4.78 is 12.7. The van der Waals surface area contributed by atoms with E-state index < -0.39 is 0 Å². The van der Waals surface area contributed by atoms with E-state index in [1.807, 2.05) is 6.92 Å². The second-order valence-electron chi connectivity index (χ2n) is 3.99. The molecule has 15 heavy (non-hydrogen) atoms. The Morgan fingerprint density at radius 3 is 2.53 bits per heavy atom. The topological polar surface area (TPSA) is 20.3 Å². The van der Waals surface area contributed by atoms with Gasteiger partial charge in [0.05, 0.1) is 6.54 Å². The van der Waals surface area contributed by atoms with Crippen LogP contribution in [0.2, 0.25) is 0 Å². The van der Waals surface area contributed by atoms with Gasteiger partial charge < -0.3 is 0 Å². The molecule has 1 saturated heterocycles. The Kier molecular flexibility index (Phi) is 2.82. The van der Waals surface area contributed by atoms with E-state index in [-0.39, 0.29) is 11.9 Å². The van der Waals surface area contributed by atoms with Crippen molar-refractivity contribution < 1.29 is 9.18 Å². The summed E-state index contributed by atoms with van der Waals surface area (Å²) in [5, 5.41) is 0. The average Bonchev–Trinajstić information content (AvgIpc) is 2.65. The SMILES string of the molecule is CC(c1ccc(F)cc1)N1CCC(=O)C1. The van der Waals surface area contributed by atoms with Gasteiger partial charge in [-0.1, -0.05) is 12.1 Å². The molecular weight excluding hydrogens is 193 g/mol. The van der Waals surface area contributed by atoms with Crippen molar-refractivity contribution in [3.8, 4) is 0 Å². The minimum absolute atomic E-state index is 0.192. The summed E-state index contributed by atoms with van der Waals surface area (Å²) in [5.41, 5.74) is 1.06. The van der Waals surface area contributed by atoms with E-state index in [2.05, 4.69) is 4.90 Å². The zero-order chi connectivity index (χ0) is 10.8. The van der Waals surface area contributed by atoms with Crippen LogP contribution in [0.15, 0.2) is 24.3 Å². The van der Waals surface area contributed by atoms with Gasteiger partial charge >= 0.3 is 0 Å². The summed E-state index contributed by atoms with van der Waals surface area (Å²) in [6, 6.07) is 6.68.